The van der Waals surface area contributed by atoms with Gasteiger partial charge in [0.15, 0.2) is 5.88 Å². The number of hydrogen-bond acceptors (Lipinski definition) is 5. The Balaban J connectivity index is 1.60. The summed E-state index contributed by atoms with van der Waals surface area (Å²) in [7, 11) is 0. The highest BCUT2D eigenvalue weighted by molar-refractivity contribution is 5.79. The highest BCUT2D eigenvalue weighted by Gasteiger charge is 2.30. The van der Waals surface area contributed by atoms with Gasteiger partial charge in [-0.2, -0.15) is 0 Å². The molecule has 2 aromatic rings. The number of unbranched alkanes of at least 4 members (excludes halogenated alkanes) is 2. The summed E-state index contributed by atoms with van der Waals surface area (Å²) in [6.45, 7) is 5.78. The van der Waals surface area contributed by atoms with Crippen LogP contribution in [0, 0.1) is 5.92 Å². The quantitative estimate of drug-likeness (QED) is 0.454. The third-order valence-corrected chi connectivity index (χ3v) is 6.06. The molecule has 0 spiro atoms. The largest absolute Gasteiger partial charge is 0.493 e. The highest BCUT2D eigenvalue weighted by atomic mass is 16.5. The van der Waals surface area contributed by atoms with Crippen molar-refractivity contribution in [2.75, 3.05) is 24.6 Å². The molecular weight excluding hydrogens is 420 g/mol. The van der Waals surface area contributed by atoms with Crippen LogP contribution < -0.4 is 9.64 Å². The number of carbonyl (C=O) groups is 2. The van der Waals surface area contributed by atoms with E-state index in [9.17, 15) is 9.59 Å². The first kappa shape index (κ1) is 23.2. The molecule has 0 bridgehead atoms. The Labute approximate surface area is 197 Å². The summed E-state index contributed by atoms with van der Waals surface area (Å²) in [6.07, 6.45) is 5.47. The Hall–Kier alpha value is -2.96. The standard InChI is InChI=1S/C26H36N2O5/c1-20(2)28(26(31)21-13-15-27(16-14-21)24-11-8-18-33-24)19-22-9-5-6-10-23(22)32-17-7-3-4-12-25(29)30/h5-6,8-11,18,20-21H,3-4,7,12-17,19H2,1-2H3,(H,29,30)/i20D. The van der Waals surface area contributed by atoms with Crippen molar-refractivity contribution in [1.29, 1.82) is 0 Å². The number of rotatable bonds is 12. The number of hydrogen-bond donors (Lipinski definition) is 1. The maximum Gasteiger partial charge on any atom is 0.303 e. The van der Waals surface area contributed by atoms with Crippen LogP contribution in [0.3, 0.4) is 0 Å². The molecule has 1 aromatic carbocycles. The van der Waals surface area contributed by atoms with E-state index in [4.69, 9.17) is 15.6 Å². The minimum Gasteiger partial charge on any atom is -0.493 e. The van der Waals surface area contributed by atoms with E-state index in [1.165, 1.54) is 0 Å². The number of amides is 1. The van der Waals surface area contributed by atoms with Gasteiger partial charge in [0.05, 0.1) is 14.2 Å². The van der Waals surface area contributed by atoms with Crippen LogP contribution in [-0.2, 0) is 16.1 Å². The van der Waals surface area contributed by atoms with Gasteiger partial charge in [0.2, 0.25) is 5.91 Å². The van der Waals surface area contributed by atoms with Gasteiger partial charge >= 0.3 is 5.97 Å². The summed E-state index contributed by atoms with van der Waals surface area (Å²) in [5.74, 6) is 0.634. The number of para-hydroxylation sites is 1. The molecule has 7 heteroatoms. The van der Waals surface area contributed by atoms with Crippen molar-refractivity contribution in [2.45, 2.75) is 64.9 Å². The van der Waals surface area contributed by atoms with Gasteiger partial charge in [0.25, 0.3) is 0 Å². The second-order valence-electron chi connectivity index (χ2n) is 8.74. The smallest absolute Gasteiger partial charge is 0.303 e. The van der Waals surface area contributed by atoms with E-state index in [1.807, 2.05) is 36.4 Å². The van der Waals surface area contributed by atoms with Crippen molar-refractivity contribution in [2.24, 2.45) is 5.92 Å². The van der Waals surface area contributed by atoms with Crippen LogP contribution in [0.2, 0.25) is 0 Å². The van der Waals surface area contributed by atoms with Gasteiger partial charge in [-0.25, -0.2) is 0 Å². The molecule has 180 valence electrons. The maximum absolute atomic E-state index is 13.5. The number of benzene rings is 1. The lowest BCUT2D eigenvalue weighted by molar-refractivity contribution is -0.139. The zero-order valence-electron chi connectivity index (χ0n) is 20.7. The van der Waals surface area contributed by atoms with Gasteiger partial charge in [0.1, 0.15) is 5.75 Å². The number of carboxylic acids is 1. The molecule has 33 heavy (non-hydrogen) atoms. The molecule has 0 unspecified atom stereocenters. The fourth-order valence-electron chi connectivity index (χ4n) is 4.16. The predicted molar refractivity (Wildman–Crippen MR) is 127 cm³/mol. The molecule has 1 N–H and O–H groups in total. The third-order valence-electron chi connectivity index (χ3n) is 6.06. The van der Waals surface area contributed by atoms with Crippen molar-refractivity contribution < 1.29 is 25.2 Å². The minimum absolute atomic E-state index is 0.00238. The van der Waals surface area contributed by atoms with Gasteiger partial charge in [0, 0.05) is 49.6 Å². The molecule has 0 aliphatic carbocycles. The average molecular weight is 458 g/mol. The maximum atomic E-state index is 13.5. The Morgan fingerprint density at radius 2 is 1.94 bits per heavy atom. The minimum atomic E-state index is -1.07. The number of carbonyl (C=O) groups excluding carboxylic acids is 1. The Kier molecular flexibility index (Phi) is 8.67. The van der Waals surface area contributed by atoms with E-state index in [-0.39, 0.29) is 18.2 Å². The van der Waals surface area contributed by atoms with Crippen molar-refractivity contribution in [3.05, 3.63) is 48.2 Å². The highest BCUT2D eigenvalue weighted by Crippen LogP contribution is 2.27. The first-order valence-electron chi connectivity index (χ1n) is 12.3. The van der Waals surface area contributed by atoms with Crippen LogP contribution in [0.5, 0.6) is 5.75 Å². The zero-order chi connectivity index (χ0) is 24.6. The van der Waals surface area contributed by atoms with Gasteiger partial charge in [-0.1, -0.05) is 18.2 Å². The summed E-state index contributed by atoms with van der Waals surface area (Å²) in [4.78, 5) is 28.0. The number of furan rings is 1. The predicted octanol–water partition coefficient (Wildman–Crippen LogP) is 4.96. The first-order chi connectivity index (χ1) is 16.3. The molecule has 2 heterocycles. The lowest BCUT2D eigenvalue weighted by atomic mass is 9.94. The normalized spacial score (nSPS) is 15.2. The molecule has 0 atom stereocenters. The van der Waals surface area contributed by atoms with E-state index < -0.39 is 12.0 Å². The SMILES string of the molecule is [2H]C(C)(C)N(Cc1ccccc1OCCCCCC(=O)O)C(=O)C1CCN(c2ccco2)CC1. The summed E-state index contributed by atoms with van der Waals surface area (Å²) in [6, 6.07) is 10.4. The lowest BCUT2D eigenvalue weighted by Crippen LogP contribution is -2.44. The number of carboxylic acid groups (broad SMARTS) is 1. The molecular formula is C26H36N2O5. The van der Waals surface area contributed by atoms with Gasteiger partial charge in [-0.05, 0) is 58.1 Å². The van der Waals surface area contributed by atoms with E-state index in [2.05, 4.69) is 4.90 Å². The van der Waals surface area contributed by atoms with Crippen LogP contribution in [-0.4, -0.2) is 47.6 Å². The second-order valence-corrected chi connectivity index (χ2v) is 8.74. The molecule has 1 aliphatic heterocycles. The second kappa shape index (κ2) is 12.3. The molecule has 3 rings (SSSR count). The Bertz CT molecular complexity index is 918. The number of piperidine rings is 1. The Morgan fingerprint density at radius 1 is 1.18 bits per heavy atom. The summed E-state index contributed by atoms with van der Waals surface area (Å²) in [5.41, 5.74) is 0.870. The van der Waals surface area contributed by atoms with Gasteiger partial charge in [-0.15, -0.1) is 0 Å². The van der Waals surface area contributed by atoms with Crippen molar-refractivity contribution in [3.8, 4) is 5.75 Å². The van der Waals surface area contributed by atoms with E-state index in [0.717, 1.165) is 50.2 Å². The summed E-state index contributed by atoms with van der Waals surface area (Å²) >= 11 is 0. The monoisotopic (exact) mass is 457 g/mol. The summed E-state index contributed by atoms with van der Waals surface area (Å²) in [5, 5.41) is 8.74. The topological polar surface area (TPSA) is 83.2 Å². The molecule has 1 fully saturated rings. The van der Waals surface area contributed by atoms with Crippen LogP contribution >= 0.6 is 0 Å². The Morgan fingerprint density at radius 3 is 2.61 bits per heavy atom. The number of nitrogens with zero attached hydrogens (tertiary/aromatic N) is 2. The van der Waals surface area contributed by atoms with Crippen LogP contribution in [0.1, 0.15) is 59.3 Å². The van der Waals surface area contributed by atoms with Crippen molar-refractivity contribution >= 4 is 17.8 Å². The molecule has 1 aromatic heterocycles. The third kappa shape index (κ3) is 7.27. The molecule has 7 nitrogen and oxygen atoms in total. The fourth-order valence-corrected chi connectivity index (χ4v) is 4.16. The molecule has 1 amide bonds. The lowest BCUT2D eigenvalue weighted by Gasteiger charge is -2.36. The average Bonchev–Trinajstić information content (AvgIpc) is 3.34. The van der Waals surface area contributed by atoms with Crippen LogP contribution in [0.25, 0.3) is 0 Å². The molecule has 1 saturated heterocycles. The number of aliphatic carboxylic acids is 1. The fraction of sp³-hybridized carbons (Fsp3) is 0.538. The molecule has 0 saturated carbocycles. The molecule has 0 radical (unpaired) electrons. The van der Waals surface area contributed by atoms with Crippen molar-refractivity contribution in [1.82, 2.24) is 4.90 Å². The number of ether oxygens (including phenoxy) is 1. The van der Waals surface area contributed by atoms with Crippen LogP contribution in [0.15, 0.2) is 47.1 Å². The molecule has 1 aliphatic rings. The van der Waals surface area contributed by atoms with Crippen LogP contribution in [0.4, 0.5) is 5.88 Å². The van der Waals surface area contributed by atoms with Gasteiger partial charge in [-0.3, -0.25) is 9.59 Å². The van der Waals surface area contributed by atoms with Gasteiger partial charge < -0.3 is 24.1 Å². The van der Waals surface area contributed by atoms with E-state index >= 15 is 0 Å². The van der Waals surface area contributed by atoms with E-state index in [1.54, 1.807) is 25.0 Å². The van der Waals surface area contributed by atoms with Crippen molar-refractivity contribution in [3.63, 3.8) is 0 Å². The number of anilines is 1. The van der Waals surface area contributed by atoms with E-state index in [0.29, 0.717) is 25.3 Å². The first-order valence-corrected chi connectivity index (χ1v) is 11.8. The zero-order valence-corrected chi connectivity index (χ0v) is 19.7. The summed E-state index contributed by atoms with van der Waals surface area (Å²) < 4.78 is 20.1.